The van der Waals surface area contributed by atoms with Gasteiger partial charge in [-0.1, -0.05) is 5.11 Å². The Morgan fingerprint density at radius 3 is 3.38 bits per heavy atom. The SMILES string of the molecule is [N-]=[N+]=NCc1cnc2ccnn2c1. The lowest BCUT2D eigenvalue weighted by Gasteiger charge is -1.95. The molecule has 0 unspecified atom stereocenters. The second-order valence-corrected chi connectivity index (χ2v) is 2.49. The number of aromatic nitrogens is 3. The molecule has 0 spiro atoms. The molecule has 0 radical (unpaired) electrons. The average molecular weight is 174 g/mol. The summed E-state index contributed by atoms with van der Waals surface area (Å²) in [5, 5.41) is 7.44. The standard InChI is InChI=1S/C7H6N6/c8-12-10-4-6-3-9-7-1-2-11-13(7)5-6/h1-3,5H,4H2. The molecule has 0 aliphatic heterocycles. The molecule has 0 bridgehead atoms. The molecule has 64 valence electrons. The van der Waals surface area contributed by atoms with Crippen LogP contribution in [-0.2, 0) is 6.54 Å². The summed E-state index contributed by atoms with van der Waals surface area (Å²) < 4.78 is 1.64. The van der Waals surface area contributed by atoms with Gasteiger partial charge in [0.2, 0.25) is 0 Å². The molecule has 0 N–H and O–H groups in total. The number of hydrogen-bond donors (Lipinski definition) is 0. The van der Waals surface area contributed by atoms with E-state index in [-0.39, 0.29) is 0 Å². The van der Waals surface area contributed by atoms with Crippen LogP contribution in [-0.4, -0.2) is 14.6 Å². The summed E-state index contributed by atoms with van der Waals surface area (Å²) in [6.07, 6.45) is 5.13. The topological polar surface area (TPSA) is 79.0 Å². The monoisotopic (exact) mass is 174 g/mol. The molecule has 2 aromatic heterocycles. The van der Waals surface area contributed by atoms with Crippen LogP contribution in [0.25, 0.3) is 16.1 Å². The summed E-state index contributed by atoms with van der Waals surface area (Å²) >= 11 is 0. The van der Waals surface area contributed by atoms with E-state index >= 15 is 0 Å². The van der Waals surface area contributed by atoms with Gasteiger partial charge in [-0.05, 0) is 11.1 Å². The highest BCUT2D eigenvalue weighted by molar-refractivity contribution is 5.35. The van der Waals surface area contributed by atoms with Crippen LogP contribution >= 0.6 is 0 Å². The second-order valence-electron chi connectivity index (χ2n) is 2.49. The Bertz CT molecular complexity index is 467. The molecule has 0 aromatic carbocycles. The first-order valence-electron chi connectivity index (χ1n) is 3.69. The summed E-state index contributed by atoms with van der Waals surface area (Å²) in [4.78, 5) is 6.78. The summed E-state index contributed by atoms with van der Waals surface area (Å²) in [6.45, 7) is 0.305. The van der Waals surface area contributed by atoms with Gasteiger partial charge in [-0.3, -0.25) is 0 Å². The van der Waals surface area contributed by atoms with E-state index in [9.17, 15) is 0 Å². The zero-order chi connectivity index (χ0) is 9.10. The molecule has 6 heteroatoms. The molecule has 0 aliphatic rings. The van der Waals surface area contributed by atoms with Crippen LogP contribution < -0.4 is 0 Å². The largest absolute Gasteiger partial charge is 0.237 e. The first-order valence-corrected chi connectivity index (χ1v) is 3.69. The third-order valence-electron chi connectivity index (χ3n) is 1.62. The minimum atomic E-state index is 0.305. The van der Waals surface area contributed by atoms with E-state index in [0.717, 1.165) is 11.2 Å². The molecule has 0 fully saturated rings. The maximum absolute atomic E-state index is 8.12. The molecule has 2 aromatic rings. The van der Waals surface area contributed by atoms with Gasteiger partial charge in [0.1, 0.15) is 0 Å². The van der Waals surface area contributed by atoms with Gasteiger partial charge in [-0.2, -0.15) is 5.10 Å². The Labute approximate surface area is 73.5 Å². The quantitative estimate of drug-likeness (QED) is 0.393. The smallest absolute Gasteiger partial charge is 0.154 e. The van der Waals surface area contributed by atoms with Crippen LogP contribution in [0.4, 0.5) is 0 Å². The number of azide groups is 1. The van der Waals surface area contributed by atoms with Crippen molar-refractivity contribution in [2.45, 2.75) is 6.54 Å². The van der Waals surface area contributed by atoms with E-state index in [1.165, 1.54) is 0 Å². The Hall–Kier alpha value is -2.07. The molecule has 0 amide bonds. The summed E-state index contributed by atoms with van der Waals surface area (Å²) in [6, 6.07) is 1.80. The molecule has 0 saturated heterocycles. The maximum Gasteiger partial charge on any atom is 0.154 e. The fourth-order valence-corrected chi connectivity index (χ4v) is 1.04. The van der Waals surface area contributed by atoms with E-state index in [2.05, 4.69) is 20.1 Å². The third kappa shape index (κ3) is 1.43. The molecule has 13 heavy (non-hydrogen) atoms. The number of nitrogens with zero attached hydrogens (tertiary/aromatic N) is 6. The highest BCUT2D eigenvalue weighted by Gasteiger charge is 1.95. The molecule has 0 atom stereocenters. The fourth-order valence-electron chi connectivity index (χ4n) is 1.04. The van der Waals surface area contributed by atoms with Crippen molar-refractivity contribution in [2.75, 3.05) is 0 Å². The van der Waals surface area contributed by atoms with Gasteiger partial charge < -0.3 is 0 Å². The zero-order valence-corrected chi connectivity index (χ0v) is 6.70. The summed E-state index contributed by atoms with van der Waals surface area (Å²) in [7, 11) is 0. The highest BCUT2D eigenvalue weighted by atomic mass is 15.2. The Morgan fingerprint density at radius 2 is 2.54 bits per heavy atom. The average Bonchev–Trinajstić information content (AvgIpc) is 2.61. The van der Waals surface area contributed by atoms with Gasteiger partial charge in [0.05, 0.1) is 12.7 Å². The number of rotatable bonds is 2. The molecular weight excluding hydrogens is 168 g/mol. The first kappa shape index (κ1) is 7.57. The lowest BCUT2D eigenvalue weighted by molar-refractivity contribution is 0.899. The minimum absolute atomic E-state index is 0.305. The Balaban J connectivity index is 2.42. The molecular formula is C7H6N6. The number of hydrogen-bond acceptors (Lipinski definition) is 3. The molecule has 0 aliphatic carbocycles. The summed E-state index contributed by atoms with van der Waals surface area (Å²) in [5.74, 6) is 0. The van der Waals surface area contributed by atoms with E-state index in [0.29, 0.717) is 6.54 Å². The van der Waals surface area contributed by atoms with Gasteiger partial charge in [-0.15, -0.1) is 0 Å². The van der Waals surface area contributed by atoms with Crippen LogP contribution in [0.15, 0.2) is 29.8 Å². The lowest BCUT2D eigenvalue weighted by Crippen LogP contribution is -1.92. The van der Waals surface area contributed by atoms with Crippen LogP contribution in [0.5, 0.6) is 0 Å². The second kappa shape index (κ2) is 3.12. The van der Waals surface area contributed by atoms with E-state index in [1.54, 1.807) is 29.2 Å². The predicted molar refractivity (Wildman–Crippen MR) is 45.8 cm³/mol. The van der Waals surface area contributed by atoms with Crippen LogP contribution in [0, 0.1) is 0 Å². The van der Waals surface area contributed by atoms with Gasteiger partial charge in [0.25, 0.3) is 0 Å². The van der Waals surface area contributed by atoms with Crippen molar-refractivity contribution in [3.8, 4) is 0 Å². The predicted octanol–water partition coefficient (Wildman–Crippen LogP) is 1.54. The van der Waals surface area contributed by atoms with Crippen molar-refractivity contribution in [3.05, 3.63) is 40.7 Å². The first-order chi connectivity index (χ1) is 6.40. The molecule has 0 saturated carbocycles. The van der Waals surface area contributed by atoms with Crippen LogP contribution in [0.2, 0.25) is 0 Å². The van der Waals surface area contributed by atoms with Gasteiger partial charge in [0, 0.05) is 23.4 Å². The molecule has 6 nitrogen and oxygen atoms in total. The summed E-state index contributed by atoms with van der Waals surface area (Å²) in [5.41, 5.74) is 9.74. The number of fused-ring (bicyclic) bond motifs is 1. The Morgan fingerprint density at radius 1 is 1.62 bits per heavy atom. The molecule has 2 heterocycles. The van der Waals surface area contributed by atoms with E-state index in [4.69, 9.17) is 5.53 Å². The molecule has 2 rings (SSSR count). The fraction of sp³-hybridized carbons (Fsp3) is 0.143. The zero-order valence-electron chi connectivity index (χ0n) is 6.70. The maximum atomic E-state index is 8.12. The van der Waals surface area contributed by atoms with Crippen molar-refractivity contribution in [2.24, 2.45) is 5.11 Å². The van der Waals surface area contributed by atoms with Crippen LogP contribution in [0.3, 0.4) is 0 Å². The van der Waals surface area contributed by atoms with Crippen molar-refractivity contribution in [1.29, 1.82) is 0 Å². The van der Waals surface area contributed by atoms with Crippen molar-refractivity contribution < 1.29 is 0 Å². The van der Waals surface area contributed by atoms with Gasteiger partial charge >= 0.3 is 0 Å². The lowest BCUT2D eigenvalue weighted by atomic mass is 10.3. The normalized spacial score (nSPS) is 9.85. The Kier molecular flexibility index (Phi) is 1.82. The van der Waals surface area contributed by atoms with Gasteiger partial charge in [-0.25, -0.2) is 9.50 Å². The van der Waals surface area contributed by atoms with Crippen molar-refractivity contribution in [1.82, 2.24) is 14.6 Å². The minimum Gasteiger partial charge on any atom is -0.237 e. The highest BCUT2D eigenvalue weighted by Crippen LogP contribution is 2.02. The van der Waals surface area contributed by atoms with Crippen LogP contribution in [0.1, 0.15) is 5.56 Å². The van der Waals surface area contributed by atoms with E-state index < -0.39 is 0 Å². The van der Waals surface area contributed by atoms with E-state index in [1.807, 2.05) is 0 Å². The van der Waals surface area contributed by atoms with Crippen molar-refractivity contribution in [3.63, 3.8) is 0 Å². The third-order valence-corrected chi connectivity index (χ3v) is 1.62. The van der Waals surface area contributed by atoms with Gasteiger partial charge in [0.15, 0.2) is 5.65 Å². The van der Waals surface area contributed by atoms with Crippen molar-refractivity contribution >= 4 is 5.65 Å².